The number of nitrogens with one attached hydrogen (secondary N) is 1. The third-order valence-corrected chi connectivity index (χ3v) is 3.95. The van der Waals surface area contributed by atoms with Crippen molar-refractivity contribution in [1.29, 1.82) is 0 Å². The van der Waals surface area contributed by atoms with E-state index in [0.717, 1.165) is 13.8 Å². The van der Waals surface area contributed by atoms with E-state index < -0.39 is 11.7 Å². The van der Waals surface area contributed by atoms with Crippen LogP contribution >= 0.6 is 0 Å². The maximum atomic E-state index is 12.9. The van der Waals surface area contributed by atoms with Crippen LogP contribution in [0.2, 0.25) is 0 Å². The number of hydrogen-bond donors (Lipinski definition) is 2. The van der Waals surface area contributed by atoms with E-state index in [0.29, 0.717) is 22.3 Å². The van der Waals surface area contributed by atoms with Gasteiger partial charge in [0.15, 0.2) is 11.5 Å². The molecule has 2 aromatic heterocycles. The van der Waals surface area contributed by atoms with E-state index in [9.17, 15) is 13.2 Å². The zero-order valence-electron chi connectivity index (χ0n) is 13.8. The van der Waals surface area contributed by atoms with Crippen LogP contribution in [0.4, 0.5) is 19.1 Å². The summed E-state index contributed by atoms with van der Waals surface area (Å²) in [5.41, 5.74) is 4.75. The zero-order chi connectivity index (χ0) is 18.4. The Morgan fingerprint density at radius 1 is 1.24 bits per heavy atom. The number of para-hydroxylation sites is 1. The first-order valence-electron chi connectivity index (χ1n) is 7.43. The number of fused-ring (bicyclic) bond motifs is 3. The van der Waals surface area contributed by atoms with Crippen molar-refractivity contribution in [3.8, 4) is 5.75 Å². The molecular weight excluding hydrogens is 337 g/mol. The lowest BCUT2D eigenvalue weighted by atomic mass is 10.1. The highest BCUT2D eigenvalue weighted by Crippen LogP contribution is 2.30. The van der Waals surface area contributed by atoms with Crippen LogP contribution in [0.25, 0.3) is 16.6 Å². The Morgan fingerprint density at radius 2 is 1.96 bits per heavy atom. The molecule has 0 aliphatic rings. The Balaban J connectivity index is 2.03. The molecule has 0 spiro atoms. The van der Waals surface area contributed by atoms with Crippen LogP contribution in [-0.4, -0.2) is 38.4 Å². The zero-order valence-corrected chi connectivity index (χ0v) is 13.8. The van der Waals surface area contributed by atoms with Gasteiger partial charge in [0.1, 0.15) is 16.8 Å². The van der Waals surface area contributed by atoms with Crippen molar-refractivity contribution in [1.82, 2.24) is 24.9 Å². The number of aromatic nitrogens is 4. The van der Waals surface area contributed by atoms with Crippen LogP contribution in [0.15, 0.2) is 18.2 Å². The van der Waals surface area contributed by atoms with Crippen molar-refractivity contribution in [3.63, 3.8) is 0 Å². The number of anilines is 1. The summed E-state index contributed by atoms with van der Waals surface area (Å²) in [4.78, 5) is 8.56. The summed E-state index contributed by atoms with van der Waals surface area (Å²) in [6.45, 7) is 1.94. The van der Waals surface area contributed by atoms with Crippen molar-refractivity contribution >= 4 is 22.5 Å². The smallest absolute Gasteiger partial charge is 0.406 e. The first-order valence-corrected chi connectivity index (χ1v) is 7.43. The van der Waals surface area contributed by atoms with Gasteiger partial charge in [-0.3, -0.25) is 5.32 Å². The van der Waals surface area contributed by atoms with Crippen LogP contribution in [0, 0.1) is 0 Å². The van der Waals surface area contributed by atoms with Gasteiger partial charge in [-0.1, -0.05) is 6.07 Å². The molecule has 7 nitrogen and oxygen atoms in total. The standard InChI is InChI=1S/C15H17F3N6O/c1-14(2,15(16,17)18)20-7-10-21-12-8-5-4-6-9(25-3)11(8)22-13(19)24(12)23-10/h4-6,20H,7H2,1-3H3,(H2,19,22). The van der Waals surface area contributed by atoms with Crippen LogP contribution in [0.1, 0.15) is 19.7 Å². The second kappa shape index (κ2) is 5.73. The third-order valence-electron chi connectivity index (χ3n) is 3.95. The topological polar surface area (TPSA) is 90.4 Å². The van der Waals surface area contributed by atoms with Crippen molar-refractivity contribution in [2.75, 3.05) is 12.8 Å². The lowest BCUT2D eigenvalue weighted by molar-refractivity contribution is -0.186. The minimum atomic E-state index is -4.40. The van der Waals surface area contributed by atoms with Crippen LogP contribution in [-0.2, 0) is 6.54 Å². The molecule has 2 heterocycles. The summed E-state index contributed by atoms with van der Waals surface area (Å²) in [6, 6.07) is 5.26. The Bertz CT molecular complexity index is 934. The lowest BCUT2D eigenvalue weighted by Crippen LogP contribution is -2.51. The number of rotatable bonds is 4. The Labute approximate surface area is 141 Å². The molecule has 0 aliphatic heterocycles. The number of halogens is 3. The SMILES string of the molecule is COc1cccc2c1nc(N)n1nc(CNC(C)(C)C(F)(F)F)nc21. The molecular formula is C15H17F3N6O. The number of methoxy groups -OCH3 is 1. The van der Waals surface area contributed by atoms with E-state index in [1.807, 2.05) is 0 Å². The van der Waals surface area contributed by atoms with Gasteiger partial charge < -0.3 is 10.5 Å². The van der Waals surface area contributed by atoms with Gasteiger partial charge in [0.2, 0.25) is 5.95 Å². The van der Waals surface area contributed by atoms with Gasteiger partial charge in [0, 0.05) is 5.39 Å². The largest absolute Gasteiger partial charge is 0.494 e. The lowest BCUT2D eigenvalue weighted by Gasteiger charge is -2.28. The van der Waals surface area contributed by atoms with Gasteiger partial charge in [-0.25, -0.2) is 9.97 Å². The summed E-state index contributed by atoms with van der Waals surface area (Å²) in [7, 11) is 1.51. The van der Waals surface area contributed by atoms with Gasteiger partial charge in [-0.2, -0.15) is 17.7 Å². The summed E-state index contributed by atoms with van der Waals surface area (Å²) in [5, 5.41) is 7.21. The first-order chi connectivity index (χ1) is 11.6. The summed E-state index contributed by atoms with van der Waals surface area (Å²) in [6.07, 6.45) is -4.40. The van der Waals surface area contributed by atoms with E-state index >= 15 is 0 Å². The fourth-order valence-electron chi connectivity index (χ4n) is 2.31. The molecule has 10 heteroatoms. The average Bonchev–Trinajstić information content (AvgIpc) is 2.97. The van der Waals surface area contributed by atoms with Crippen molar-refractivity contribution < 1.29 is 17.9 Å². The maximum Gasteiger partial charge on any atom is 0.406 e. The van der Waals surface area contributed by atoms with Gasteiger partial charge in [0.05, 0.1) is 13.7 Å². The number of nitrogens with two attached hydrogens (primary N) is 1. The molecule has 1 aromatic carbocycles. The molecule has 0 atom stereocenters. The van der Waals surface area contributed by atoms with Gasteiger partial charge >= 0.3 is 6.18 Å². The fraction of sp³-hybridized carbons (Fsp3) is 0.400. The molecule has 0 radical (unpaired) electrons. The normalized spacial score (nSPS) is 12.9. The number of nitrogens with zero attached hydrogens (tertiary/aromatic N) is 4. The molecule has 0 bridgehead atoms. The molecule has 3 aromatic rings. The summed E-state index contributed by atoms with van der Waals surface area (Å²) in [5.74, 6) is 0.773. The molecule has 0 amide bonds. The number of benzene rings is 1. The molecule has 0 aliphatic carbocycles. The predicted octanol–water partition coefficient (Wildman–Crippen LogP) is 2.30. The van der Waals surface area contributed by atoms with E-state index in [1.165, 1.54) is 11.6 Å². The summed E-state index contributed by atoms with van der Waals surface area (Å²) < 4.78 is 45.4. The molecule has 134 valence electrons. The molecule has 0 saturated heterocycles. The van der Waals surface area contributed by atoms with E-state index in [-0.39, 0.29) is 18.3 Å². The monoisotopic (exact) mass is 354 g/mol. The van der Waals surface area contributed by atoms with E-state index in [2.05, 4.69) is 20.4 Å². The van der Waals surface area contributed by atoms with Gasteiger partial charge in [-0.15, -0.1) is 5.10 Å². The Hall–Kier alpha value is -2.62. The molecule has 0 fully saturated rings. The number of alkyl halides is 3. The molecule has 3 rings (SSSR count). The highest BCUT2D eigenvalue weighted by molar-refractivity contribution is 5.95. The minimum absolute atomic E-state index is 0.0702. The number of ether oxygens (including phenoxy) is 1. The molecule has 25 heavy (non-hydrogen) atoms. The fourth-order valence-corrected chi connectivity index (χ4v) is 2.31. The number of hydrogen-bond acceptors (Lipinski definition) is 6. The second-order valence-electron chi connectivity index (χ2n) is 6.07. The van der Waals surface area contributed by atoms with Crippen molar-refractivity contribution in [2.45, 2.75) is 32.1 Å². The van der Waals surface area contributed by atoms with Crippen LogP contribution < -0.4 is 15.8 Å². The van der Waals surface area contributed by atoms with Crippen molar-refractivity contribution in [2.24, 2.45) is 0 Å². The minimum Gasteiger partial charge on any atom is -0.494 e. The van der Waals surface area contributed by atoms with E-state index in [1.54, 1.807) is 18.2 Å². The molecule has 0 saturated carbocycles. The van der Waals surface area contributed by atoms with Gasteiger partial charge in [0.25, 0.3) is 0 Å². The van der Waals surface area contributed by atoms with Crippen LogP contribution in [0.3, 0.4) is 0 Å². The van der Waals surface area contributed by atoms with Crippen LogP contribution in [0.5, 0.6) is 5.75 Å². The average molecular weight is 354 g/mol. The van der Waals surface area contributed by atoms with Crippen molar-refractivity contribution in [3.05, 3.63) is 24.0 Å². The molecule has 3 N–H and O–H groups in total. The maximum absolute atomic E-state index is 12.9. The highest BCUT2D eigenvalue weighted by atomic mass is 19.4. The predicted molar refractivity (Wildman–Crippen MR) is 86.2 cm³/mol. The number of nitrogen functional groups attached to an aromatic ring is 1. The Morgan fingerprint density at radius 3 is 2.60 bits per heavy atom. The first kappa shape index (κ1) is 17.2. The Kier molecular flexibility index (Phi) is 3.94. The quantitative estimate of drug-likeness (QED) is 0.747. The van der Waals surface area contributed by atoms with Gasteiger partial charge in [-0.05, 0) is 26.0 Å². The third kappa shape index (κ3) is 2.93. The molecule has 0 unspecified atom stereocenters. The summed E-state index contributed by atoms with van der Waals surface area (Å²) >= 11 is 0. The highest BCUT2D eigenvalue weighted by Gasteiger charge is 2.47. The van der Waals surface area contributed by atoms with E-state index in [4.69, 9.17) is 10.5 Å². The second-order valence-corrected chi connectivity index (χ2v) is 6.07.